The van der Waals surface area contributed by atoms with E-state index >= 15 is 0 Å². The molecule has 0 spiro atoms. The summed E-state index contributed by atoms with van der Waals surface area (Å²) in [7, 11) is 0. The van der Waals surface area contributed by atoms with Gasteiger partial charge in [0.2, 0.25) is 0 Å². The van der Waals surface area contributed by atoms with E-state index < -0.39 is 5.97 Å². The standard InChI is InChI=1S/C21H29N3O3/c1-13(2)12-14(3)22-21(27)17-6-8-18(9-7-17)24-16(5)19(15(4)23-24)10-11-20(25)26/h6-9,13-14H,10-12H2,1-5H3,(H,22,27)(H,25,26). The number of nitrogens with zero attached hydrogens (tertiary/aromatic N) is 2. The highest BCUT2D eigenvalue weighted by molar-refractivity contribution is 5.94. The van der Waals surface area contributed by atoms with Crippen molar-refractivity contribution >= 4 is 11.9 Å². The number of carboxylic acids is 1. The van der Waals surface area contributed by atoms with Gasteiger partial charge in [0.05, 0.1) is 11.4 Å². The van der Waals surface area contributed by atoms with Gasteiger partial charge >= 0.3 is 5.97 Å². The molecular weight excluding hydrogens is 342 g/mol. The third kappa shape index (κ3) is 5.42. The molecule has 1 amide bonds. The Bertz CT molecular complexity index is 807. The highest BCUT2D eigenvalue weighted by Crippen LogP contribution is 2.20. The van der Waals surface area contributed by atoms with Crippen LogP contribution < -0.4 is 5.32 Å². The van der Waals surface area contributed by atoms with Gasteiger partial charge in [-0.1, -0.05) is 13.8 Å². The van der Waals surface area contributed by atoms with Crippen LogP contribution in [-0.4, -0.2) is 32.8 Å². The van der Waals surface area contributed by atoms with Crippen LogP contribution in [0.1, 0.15) is 60.9 Å². The molecule has 0 aliphatic rings. The van der Waals surface area contributed by atoms with E-state index in [1.807, 2.05) is 32.9 Å². The first-order valence-corrected chi connectivity index (χ1v) is 9.37. The predicted octanol–water partition coefficient (Wildman–Crippen LogP) is 3.67. The van der Waals surface area contributed by atoms with Gasteiger partial charge in [0.25, 0.3) is 5.91 Å². The minimum Gasteiger partial charge on any atom is -0.481 e. The Kier molecular flexibility index (Phi) is 6.77. The first-order chi connectivity index (χ1) is 12.7. The summed E-state index contributed by atoms with van der Waals surface area (Å²) >= 11 is 0. The third-order valence-corrected chi connectivity index (χ3v) is 4.61. The Hall–Kier alpha value is -2.63. The lowest BCUT2D eigenvalue weighted by atomic mass is 10.0. The number of rotatable bonds is 8. The van der Waals surface area contributed by atoms with Crippen molar-refractivity contribution in [3.63, 3.8) is 0 Å². The summed E-state index contributed by atoms with van der Waals surface area (Å²) in [6.07, 6.45) is 1.48. The van der Waals surface area contributed by atoms with E-state index in [9.17, 15) is 9.59 Å². The summed E-state index contributed by atoms with van der Waals surface area (Å²) in [4.78, 5) is 23.2. The Morgan fingerprint density at radius 1 is 1.15 bits per heavy atom. The largest absolute Gasteiger partial charge is 0.481 e. The lowest BCUT2D eigenvalue weighted by molar-refractivity contribution is -0.136. The predicted molar refractivity (Wildman–Crippen MR) is 105 cm³/mol. The van der Waals surface area contributed by atoms with Gasteiger partial charge in [-0.05, 0) is 69.4 Å². The molecule has 0 saturated carbocycles. The molecule has 1 aromatic heterocycles. The average Bonchev–Trinajstić information content (AvgIpc) is 2.86. The third-order valence-electron chi connectivity index (χ3n) is 4.61. The fourth-order valence-electron chi connectivity index (χ4n) is 3.35. The van der Waals surface area contributed by atoms with Crippen LogP contribution in [0.25, 0.3) is 5.69 Å². The van der Waals surface area contributed by atoms with Gasteiger partial charge in [0, 0.05) is 23.7 Å². The zero-order valence-corrected chi connectivity index (χ0v) is 16.7. The molecule has 2 aromatic rings. The van der Waals surface area contributed by atoms with Crippen molar-refractivity contribution in [1.29, 1.82) is 0 Å². The number of carbonyl (C=O) groups is 2. The fourth-order valence-corrected chi connectivity index (χ4v) is 3.35. The normalized spacial score (nSPS) is 12.2. The zero-order chi connectivity index (χ0) is 20.1. The minimum atomic E-state index is -0.816. The SMILES string of the molecule is Cc1nn(-c2ccc(C(=O)NC(C)CC(C)C)cc2)c(C)c1CCC(=O)O. The van der Waals surface area contributed by atoms with Gasteiger partial charge in [-0.3, -0.25) is 9.59 Å². The van der Waals surface area contributed by atoms with Gasteiger partial charge in [-0.2, -0.15) is 5.10 Å². The highest BCUT2D eigenvalue weighted by Gasteiger charge is 2.15. The molecule has 1 aromatic carbocycles. The molecule has 0 aliphatic carbocycles. The fraction of sp³-hybridized carbons (Fsp3) is 0.476. The molecule has 146 valence electrons. The zero-order valence-electron chi connectivity index (χ0n) is 16.7. The van der Waals surface area contributed by atoms with E-state index in [2.05, 4.69) is 24.3 Å². The molecule has 6 heteroatoms. The molecule has 1 heterocycles. The number of amides is 1. The van der Waals surface area contributed by atoms with E-state index in [0.29, 0.717) is 17.9 Å². The van der Waals surface area contributed by atoms with Crippen molar-refractivity contribution in [3.05, 3.63) is 46.8 Å². The maximum atomic E-state index is 12.4. The van der Waals surface area contributed by atoms with E-state index in [4.69, 9.17) is 5.11 Å². The first kappa shape index (κ1) is 20.7. The average molecular weight is 371 g/mol. The van der Waals surface area contributed by atoms with Crippen LogP contribution in [0.15, 0.2) is 24.3 Å². The van der Waals surface area contributed by atoms with Gasteiger partial charge in [-0.25, -0.2) is 4.68 Å². The number of carboxylic acid groups (broad SMARTS) is 1. The molecule has 0 aliphatic heterocycles. The second-order valence-corrected chi connectivity index (χ2v) is 7.51. The van der Waals surface area contributed by atoms with Crippen LogP contribution >= 0.6 is 0 Å². The smallest absolute Gasteiger partial charge is 0.303 e. The van der Waals surface area contributed by atoms with E-state index in [1.165, 1.54) is 0 Å². The van der Waals surface area contributed by atoms with Gasteiger partial charge < -0.3 is 10.4 Å². The molecule has 6 nitrogen and oxygen atoms in total. The minimum absolute atomic E-state index is 0.0785. The maximum Gasteiger partial charge on any atom is 0.303 e. The summed E-state index contributed by atoms with van der Waals surface area (Å²) in [6.45, 7) is 10.1. The summed E-state index contributed by atoms with van der Waals surface area (Å²) in [5.74, 6) is -0.363. The van der Waals surface area contributed by atoms with Crippen LogP contribution in [0.4, 0.5) is 0 Å². The van der Waals surface area contributed by atoms with Gasteiger partial charge in [-0.15, -0.1) is 0 Å². The summed E-state index contributed by atoms with van der Waals surface area (Å²) in [6, 6.07) is 7.44. The van der Waals surface area contributed by atoms with Crippen LogP contribution in [-0.2, 0) is 11.2 Å². The second-order valence-electron chi connectivity index (χ2n) is 7.51. The molecule has 0 saturated heterocycles. The maximum absolute atomic E-state index is 12.4. The lowest BCUT2D eigenvalue weighted by Gasteiger charge is -2.16. The number of nitrogens with one attached hydrogen (secondary N) is 1. The number of aromatic nitrogens is 2. The molecule has 1 unspecified atom stereocenters. The van der Waals surface area contributed by atoms with Crippen LogP contribution in [0.5, 0.6) is 0 Å². The summed E-state index contributed by atoms with van der Waals surface area (Å²) in [5, 5.41) is 16.5. The van der Waals surface area contributed by atoms with Crippen molar-refractivity contribution in [1.82, 2.24) is 15.1 Å². The van der Waals surface area contributed by atoms with Crippen molar-refractivity contribution in [2.75, 3.05) is 0 Å². The van der Waals surface area contributed by atoms with E-state index in [0.717, 1.165) is 29.1 Å². The van der Waals surface area contributed by atoms with Crippen molar-refractivity contribution < 1.29 is 14.7 Å². The molecule has 1 atom stereocenters. The Balaban J connectivity index is 2.14. The molecule has 0 fully saturated rings. The topological polar surface area (TPSA) is 84.2 Å². The van der Waals surface area contributed by atoms with E-state index in [-0.39, 0.29) is 18.4 Å². The van der Waals surface area contributed by atoms with Gasteiger partial charge in [0.15, 0.2) is 0 Å². The van der Waals surface area contributed by atoms with Crippen LogP contribution in [0.3, 0.4) is 0 Å². The number of aryl methyl sites for hydroxylation is 1. The molecule has 0 bridgehead atoms. The summed E-state index contributed by atoms with van der Waals surface area (Å²) < 4.78 is 1.80. The first-order valence-electron chi connectivity index (χ1n) is 9.37. The van der Waals surface area contributed by atoms with Crippen molar-refractivity contribution in [2.45, 2.75) is 59.9 Å². The number of benzene rings is 1. The Labute approximate surface area is 160 Å². The van der Waals surface area contributed by atoms with Crippen LogP contribution in [0, 0.1) is 19.8 Å². The number of hydrogen-bond donors (Lipinski definition) is 2. The molecule has 0 radical (unpaired) electrons. The van der Waals surface area contributed by atoms with Crippen molar-refractivity contribution in [2.24, 2.45) is 5.92 Å². The van der Waals surface area contributed by atoms with Crippen LogP contribution in [0.2, 0.25) is 0 Å². The lowest BCUT2D eigenvalue weighted by Crippen LogP contribution is -2.33. The molecular formula is C21H29N3O3. The van der Waals surface area contributed by atoms with Crippen molar-refractivity contribution in [3.8, 4) is 5.69 Å². The molecule has 2 N–H and O–H groups in total. The molecule has 2 rings (SSSR count). The number of carbonyl (C=O) groups excluding carboxylic acids is 1. The second kappa shape index (κ2) is 8.84. The molecule has 27 heavy (non-hydrogen) atoms. The van der Waals surface area contributed by atoms with Gasteiger partial charge in [0.1, 0.15) is 0 Å². The highest BCUT2D eigenvalue weighted by atomic mass is 16.4. The summed E-state index contributed by atoms with van der Waals surface area (Å²) in [5.41, 5.74) is 4.18. The van der Waals surface area contributed by atoms with E-state index in [1.54, 1.807) is 16.8 Å². The monoisotopic (exact) mass is 371 g/mol. The quantitative estimate of drug-likeness (QED) is 0.741. The number of hydrogen-bond acceptors (Lipinski definition) is 3. The number of aliphatic carboxylic acids is 1. The Morgan fingerprint density at radius 3 is 2.33 bits per heavy atom. The Morgan fingerprint density at radius 2 is 1.78 bits per heavy atom.